The van der Waals surface area contributed by atoms with Gasteiger partial charge in [0.1, 0.15) is 12.1 Å². The third-order valence-electron chi connectivity index (χ3n) is 2.53. The van der Waals surface area contributed by atoms with Gasteiger partial charge in [-0.05, 0) is 31.6 Å². The van der Waals surface area contributed by atoms with Gasteiger partial charge in [0, 0.05) is 17.5 Å². The normalized spacial score (nSPS) is 26.4. The summed E-state index contributed by atoms with van der Waals surface area (Å²) in [7, 11) is 0. The van der Waals surface area contributed by atoms with Crippen LogP contribution in [0.3, 0.4) is 0 Å². The van der Waals surface area contributed by atoms with Gasteiger partial charge in [0.15, 0.2) is 0 Å². The van der Waals surface area contributed by atoms with Gasteiger partial charge in [0.2, 0.25) is 0 Å². The molecular weight excluding hydrogens is 194 g/mol. The van der Waals surface area contributed by atoms with E-state index in [1.54, 1.807) is 12.5 Å². The fourth-order valence-electron chi connectivity index (χ4n) is 1.65. The van der Waals surface area contributed by atoms with Crippen molar-refractivity contribution in [2.24, 2.45) is 0 Å². The second kappa shape index (κ2) is 4.17. The van der Waals surface area contributed by atoms with Gasteiger partial charge < -0.3 is 5.32 Å². The number of anilines is 1. The van der Waals surface area contributed by atoms with E-state index in [1.165, 1.54) is 18.6 Å². The maximum Gasteiger partial charge on any atom is 0.129 e. The first kappa shape index (κ1) is 9.77. The maximum atomic E-state index is 4.14. The number of hydrogen-bond acceptors (Lipinski definition) is 4. The molecule has 4 heteroatoms. The van der Waals surface area contributed by atoms with E-state index in [9.17, 15) is 0 Å². The second-order valence-electron chi connectivity index (χ2n) is 3.85. The monoisotopic (exact) mass is 209 g/mol. The highest BCUT2D eigenvalue weighted by molar-refractivity contribution is 8.00. The lowest BCUT2D eigenvalue weighted by Gasteiger charge is -2.22. The van der Waals surface area contributed by atoms with Crippen LogP contribution in [-0.4, -0.2) is 27.0 Å². The molecule has 0 radical (unpaired) electrons. The Morgan fingerprint density at radius 1 is 1.64 bits per heavy atom. The molecule has 1 unspecified atom stereocenters. The summed E-state index contributed by atoms with van der Waals surface area (Å²) in [6.07, 6.45) is 5.98. The molecular formula is C10H15N3S. The zero-order valence-electron chi connectivity index (χ0n) is 8.36. The Labute approximate surface area is 88.7 Å². The third kappa shape index (κ3) is 2.38. The molecule has 0 amide bonds. The van der Waals surface area contributed by atoms with Crippen molar-refractivity contribution in [3.63, 3.8) is 0 Å². The van der Waals surface area contributed by atoms with Crippen LogP contribution in [0.4, 0.5) is 5.82 Å². The van der Waals surface area contributed by atoms with E-state index in [-0.39, 0.29) is 0 Å². The Morgan fingerprint density at radius 2 is 2.57 bits per heavy atom. The molecule has 3 nitrogen and oxygen atoms in total. The van der Waals surface area contributed by atoms with Crippen LogP contribution >= 0.6 is 11.8 Å². The number of aromatic nitrogens is 2. The summed E-state index contributed by atoms with van der Waals surface area (Å²) in [5.41, 5.74) is 0. The molecule has 0 aromatic carbocycles. The topological polar surface area (TPSA) is 37.8 Å². The molecule has 1 N–H and O–H groups in total. The lowest BCUT2D eigenvalue weighted by Crippen LogP contribution is -2.27. The standard InChI is InChI=1S/C10H15N3S/c1-10(4-2-6-14-10)7-12-9-3-5-11-8-13-9/h3,5,8H,2,4,6-7H2,1H3,(H,11,12,13). The van der Waals surface area contributed by atoms with Crippen molar-refractivity contribution in [2.75, 3.05) is 17.6 Å². The molecule has 0 saturated carbocycles. The van der Waals surface area contributed by atoms with Crippen LogP contribution < -0.4 is 5.32 Å². The Hall–Kier alpha value is -0.770. The smallest absolute Gasteiger partial charge is 0.129 e. The first-order valence-electron chi connectivity index (χ1n) is 4.92. The highest BCUT2D eigenvalue weighted by Crippen LogP contribution is 2.37. The first-order valence-corrected chi connectivity index (χ1v) is 5.91. The van der Waals surface area contributed by atoms with Crippen LogP contribution in [0, 0.1) is 0 Å². The molecule has 0 bridgehead atoms. The van der Waals surface area contributed by atoms with Crippen molar-refractivity contribution >= 4 is 17.6 Å². The average molecular weight is 209 g/mol. The van der Waals surface area contributed by atoms with Crippen molar-refractivity contribution in [2.45, 2.75) is 24.5 Å². The first-order chi connectivity index (χ1) is 6.79. The number of hydrogen-bond donors (Lipinski definition) is 1. The predicted octanol–water partition coefficient (Wildman–Crippen LogP) is 2.17. The van der Waals surface area contributed by atoms with Crippen LogP contribution in [0.25, 0.3) is 0 Å². The Bertz CT molecular complexity index is 283. The fourth-order valence-corrected chi connectivity index (χ4v) is 2.89. The summed E-state index contributed by atoms with van der Waals surface area (Å²) in [6, 6.07) is 1.91. The van der Waals surface area contributed by atoms with E-state index in [0.717, 1.165) is 12.4 Å². The summed E-state index contributed by atoms with van der Waals surface area (Å²) < 4.78 is 0.394. The van der Waals surface area contributed by atoms with Crippen LogP contribution in [0.5, 0.6) is 0 Å². The van der Waals surface area contributed by atoms with Gasteiger partial charge in [-0.3, -0.25) is 0 Å². The quantitative estimate of drug-likeness (QED) is 0.828. The van der Waals surface area contributed by atoms with E-state index in [2.05, 4.69) is 34.0 Å². The molecule has 1 fully saturated rings. The summed E-state index contributed by atoms with van der Waals surface area (Å²) in [5.74, 6) is 2.22. The summed E-state index contributed by atoms with van der Waals surface area (Å²) in [6.45, 7) is 3.31. The minimum Gasteiger partial charge on any atom is -0.369 e. The van der Waals surface area contributed by atoms with Gasteiger partial charge in [0.25, 0.3) is 0 Å². The van der Waals surface area contributed by atoms with E-state index in [4.69, 9.17) is 0 Å². The molecule has 1 atom stereocenters. The lowest BCUT2D eigenvalue weighted by molar-refractivity contribution is 0.633. The van der Waals surface area contributed by atoms with Crippen LogP contribution in [0.15, 0.2) is 18.6 Å². The van der Waals surface area contributed by atoms with Gasteiger partial charge in [0.05, 0.1) is 0 Å². The number of nitrogens with one attached hydrogen (secondary N) is 1. The van der Waals surface area contributed by atoms with Gasteiger partial charge in [-0.15, -0.1) is 0 Å². The molecule has 0 spiro atoms. The minimum atomic E-state index is 0.394. The zero-order chi connectivity index (χ0) is 9.86. The lowest BCUT2D eigenvalue weighted by atomic mass is 10.1. The van der Waals surface area contributed by atoms with E-state index in [0.29, 0.717) is 4.75 Å². The van der Waals surface area contributed by atoms with Crippen molar-refractivity contribution in [1.82, 2.24) is 9.97 Å². The molecule has 76 valence electrons. The molecule has 14 heavy (non-hydrogen) atoms. The summed E-state index contributed by atoms with van der Waals surface area (Å²) in [4.78, 5) is 8.03. The van der Waals surface area contributed by atoms with E-state index < -0.39 is 0 Å². The molecule has 2 heterocycles. The summed E-state index contributed by atoms with van der Waals surface area (Å²) >= 11 is 2.06. The van der Waals surface area contributed by atoms with Crippen LogP contribution in [-0.2, 0) is 0 Å². The predicted molar refractivity (Wildman–Crippen MR) is 60.6 cm³/mol. The van der Waals surface area contributed by atoms with E-state index in [1.807, 2.05) is 6.07 Å². The van der Waals surface area contributed by atoms with Crippen LogP contribution in [0.1, 0.15) is 19.8 Å². The fraction of sp³-hybridized carbons (Fsp3) is 0.600. The van der Waals surface area contributed by atoms with Crippen molar-refractivity contribution in [1.29, 1.82) is 0 Å². The molecule has 1 aliphatic rings. The maximum absolute atomic E-state index is 4.14. The largest absolute Gasteiger partial charge is 0.369 e. The molecule has 0 aliphatic carbocycles. The molecule has 1 aromatic heterocycles. The SMILES string of the molecule is CC1(CNc2ccncn2)CCCS1. The molecule has 1 saturated heterocycles. The highest BCUT2D eigenvalue weighted by Gasteiger charge is 2.28. The van der Waals surface area contributed by atoms with Gasteiger partial charge in [-0.2, -0.15) is 11.8 Å². The molecule has 1 aromatic rings. The Kier molecular flexibility index (Phi) is 2.91. The number of nitrogens with zero attached hydrogens (tertiary/aromatic N) is 2. The van der Waals surface area contributed by atoms with Gasteiger partial charge in [-0.1, -0.05) is 0 Å². The Balaban J connectivity index is 1.88. The van der Waals surface area contributed by atoms with Gasteiger partial charge >= 0.3 is 0 Å². The van der Waals surface area contributed by atoms with Gasteiger partial charge in [-0.25, -0.2) is 9.97 Å². The average Bonchev–Trinajstić information content (AvgIpc) is 2.65. The zero-order valence-corrected chi connectivity index (χ0v) is 9.18. The second-order valence-corrected chi connectivity index (χ2v) is 5.53. The van der Waals surface area contributed by atoms with E-state index >= 15 is 0 Å². The Morgan fingerprint density at radius 3 is 3.21 bits per heavy atom. The van der Waals surface area contributed by atoms with Crippen molar-refractivity contribution in [3.8, 4) is 0 Å². The number of rotatable bonds is 3. The highest BCUT2D eigenvalue weighted by atomic mass is 32.2. The number of thioether (sulfide) groups is 1. The van der Waals surface area contributed by atoms with Crippen molar-refractivity contribution < 1.29 is 0 Å². The molecule has 1 aliphatic heterocycles. The third-order valence-corrected chi connectivity index (χ3v) is 4.06. The summed E-state index contributed by atoms with van der Waals surface area (Å²) in [5, 5.41) is 3.36. The minimum absolute atomic E-state index is 0.394. The molecule has 2 rings (SSSR count). The van der Waals surface area contributed by atoms with Crippen molar-refractivity contribution in [3.05, 3.63) is 18.6 Å². The van der Waals surface area contributed by atoms with Crippen LogP contribution in [0.2, 0.25) is 0 Å².